The van der Waals surface area contributed by atoms with Crippen LogP contribution in [0.2, 0.25) is 0 Å². The van der Waals surface area contributed by atoms with Gasteiger partial charge in [0.1, 0.15) is 12.1 Å². The number of amides is 4. The number of urea groups is 1. The zero-order chi connectivity index (χ0) is 24.8. The highest BCUT2D eigenvalue weighted by atomic mass is 16.2. The second-order valence-corrected chi connectivity index (χ2v) is 9.23. The van der Waals surface area contributed by atoms with Crippen molar-refractivity contribution in [2.75, 3.05) is 11.4 Å². The summed E-state index contributed by atoms with van der Waals surface area (Å²) in [7, 11) is 0. The monoisotopic (exact) mass is 478 g/mol. The number of para-hydroxylation sites is 2. The van der Waals surface area contributed by atoms with E-state index in [1.807, 2.05) is 55.5 Å². The van der Waals surface area contributed by atoms with Crippen molar-refractivity contribution in [3.05, 3.63) is 101 Å². The van der Waals surface area contributed by atoms with Gasteiger partial charge in [-0.25, -0.2) is 9.69 Å². The number of imide groups is 1. The largest absolute Gasteiger partial charge is 0.356 e. The van der Waals surface area contributed by atoms with Gasteiger partial charge >= 0.3 is 6.03 Å². The van der Waals surface area contributed by atoms with Crippen LogP contribution in [0.25, 0.3) is 10.9 Å². The first kappa shape index (κ1) is 22.1. The molecule has 3 aromatic carbocycles. The smallest absolute Gasteiger partial charge is 0.332 e. The van der Waals surface area contributed by atoms with Gasteiger partial charge in [0.2, 0.25) is 0 Å². The van der Waals surface area contributed by atoms with Gasteiger partial charge in [-0.2, -0.15) is 0 Å². The summed E-state index contributed by atoms with van der Waals surface area (Å²) in [5, 5.41) is 3.92. The molecule has 0 spiro atoms. The number of benzene rings is 3. The van der Waals surface area contributed by atoms with E-state index in [0.717, 1.165) is 34.1 Å². The van der Waals surface area contributed by atoms with E-state index in [9.17, 15) is 14.4 Å². The van der Waals surface area contributed by atoms with E-state index in [4.69, 9.17) is 0 Å². The third-order valence-electron chi connectivity index (χ3n) is 7.09. The lowest BCUT2D eigenvalue weighted by Gasteiger charge is -2.36. The Labute approximate surface area is 208 Å². The van der Waals surface area contributed by atoms with Gasteiger partial charge in [0, 0.05) is 29.6 Å². The summed E-state index contributed by atoms with van der Waals surface area (Å²) in [5.41, 5.74) is 4.52. The summed E-state index contributed by atoms with van der Waals surface area (Å²) in [4.78, 5) is 47.2. The van der Waals surface area contributed by atoms with E-state index in [-0.39, 0.29) is 11.8 Å². The topological polar surface area (TPSA) is 85.5 Å². The van der Waals surface area contributed by atoms with Crippen molar-refractivity contribution in [3.63, 3.8) is 0 Å². The Hall–Kier alpha value is -4.39. The number of hydrogen-bond acceptors (Lipinski definition) is 3. The molecule has 6 rings (SSSR count). The zero-order valence-corrected chi connectivity index (χ0v) is 19.9. The predicted molar refractivity (Wildman–Crippen MR) is 138 cm³/mol. The molecule has 3 heterocycles. The van der Waals surface area contributed by atoms with Crippen LogP contribution in [0.5, 0.6) is 0 Å². The van der Waals surface area contributed by atoms with E-state index in [2.05, 4.69) is 16.4 Å². The van der Waals surface area contributed by atoms with Crippen molar-refractivity contribution in [1.29, 1.82) is 0 Å². The van der Waals surface area contributed by atoms with Crippen molar-refractivity contribution in [3.8, 4) is 0 Å². The number of nitrogens with one attached hydrogen (secondary N) is 2. The number of H-pyrrole nitrogens is 1. The number of carbonyl (C=O) groups is 3. The lowest BCUT2D eigenvalue weighted by Crippen LogP contribution is -2.44. The Kier molecular flexibility index (Phi) is 5.33. The van der Waals surface area contributed by atoms with Gasteiger partial charge in [-0.15, -0.1) is 0 Å². The number of fused-ring (bicyclic) bond motifs is 4. The second kappa shape index (κ2) is 8.68. The van der Waals surface area contributed by atoms with Gasteiger partial charge in [0.15, 0.2) is 0 Å². The normalized spacial score (nSPS) is 18.9. The van der Waals surface area contributed by atoms with E-state index in [1.165, 1.54) is 4.90 Å². The standard InChI is InChI=1S/C29H26N4O3/c1-2-16-30-27(34)20-13-7-9-15-23(20)33-28(35)24-17-21-19-12-6-8-14-22(19)31-25(21)26(32(24)29(33)36)18-10-4-3-5-11-18/h3-15,24,26,31H,2,16-17H2,1H3,(H,30,34)/t24-,26-/m0/s1. The minimum Gasteiger partial charge on any atom is -0.356 e. The molecule has 1 fully saturated rings. The lowest BCUT2D eigenvalue weighted by atomic mass is 9.89. The number of aromatic nitrogens is 1. The first-order valence-corrected chi connectivity index (χ1v) is 12.3. The summed E-state index contributed by atoms with van der Waals surface area (Å²) >= 11 is 0. The predicted octanol–water partition coefficient (Wildman–Crippen LogP) is 4.79. The van der Waals surface area contributed by atoms with Crippen molar-refractivity contribution >= 4 is 34.4 Å². The highest BCUT2D eigenvalue weighted by Crippen LogP contribution is 2.45. The molecule has 1 aromatic heterocycles. The number of hydrogen-bond donors (Lipinski definition) is 2. The van der Waals surface area contributed by atoms with Crippen molar-refractivity contribution in [2.45, 2.75) is 31.8 Å². The van der Waals surface area contributed by atoms with Crippen LogP contribution in [0.3, 0.4) is 0 Å². The first-order chi connectivity index (χ1) is 17.6. The number of anilines is 1. The minimum absolute atomic E-state index is 0.297. The molecule has 7 heteroatoms. The average molecular weight is 479 g/mol. The van der Waals surface area contributed by atoms with E-state index in [0.29, 0.717) is 24.2 Å². The van der Waals surface area contributed by atoms with Crippen LogP contribution in [0, 0.1) is 0 Å². The van der Waals surface area contributed by atoms with Crippen LogP contribution in [-0.2, 0) is 11.2 Å². The summed E-state index contributed by atoms with van der Waals surface area (Å²) in [5.74, 6) is -0.610. The van der Waals surface area contributed by atoms with Crippen LogP contribution >= 0.6 is 0 Å². The van der Waals surface area contributed by atoms with Gasteiger partial charge in [-0.1, -0.05) is 67.6 Å². The summed E-state index contributed by atoms with van der Waals surface area (Å²) in [6.45, 7) is 2.49. The highest BCUT2D eigenvalue weighted by molar-refractivity contribution is 6.24. The molecule has 0 unspecified atom stereocenters. The Morgan fingerprint density at radius 2 is 1.69 bits per heavy atom. The molecule has 0 bridgehead atoms. The third kappa shape index (κ3) is 3.31. The molecule has 7 nitrogen and oxygen atoms in total. The molecule has 0 saturated carbocycles. The molecule has 2 aliphatic heterocycles. The fraction of sp³-hybridized carbons (Fsp3) is 0.207. The maximum absolute atomic E-state index is 14.0. The van der Waals surface area contributed by atoms with Gasteiger partial charge in [0.25, 0.3) is 11.8 Å². The van der Waals surface area contributed by atoms with Gasteiger partial charge in [0.05, 0.1) is 11.3 Å². The Morgan fingerprint density at radius 1 is 0.972 bits per heavy atom. The fourth-order valence-corrected chi connectivity index (χ4v) is 5.47. The number of rotatable bonds is 5. The molecular formula is C29H26N4O3. The summed E-state index contributed by atoms with van der Waals surface area (Å²) < 4.78 is 0. The third-order valence-corrected chi connectivity index (χ3v) is 7.09. The fourth-order valence-electron chi connectivity index (χ4n) is 5.47. The van der Waals surface area contributed by atoms with Crippen LogP contribution in [-0.4, -0.2) is 40.3 Å². The van der Waals surface area contributed by atoms with Crippen molar-refractivity contribution < 1.29 is 14.4 Å². The molecule has 0 radical (unpaired) electrons. The Balaban J connectivity index is 1.48. The SMILES string of the molecule is CCCNC(=O)c1ccccc1N1C(=O)[C@@H]2Cc3c([nH]c4ccccc34)[C@H](c3ccccc3)N2C1=O. The molecule has 2 N–H and O–H groups in total. The molecule has 4 amide bonds. The van der Waals surface area contributed by atoms with Crippen LogP contribution in [0.1, 0.15) is 46.6 Å². The number of aromatic amines is 1. The zero-order valence-electron chi connectivity index (χ0n) is 19.9. The molecule has 36 heavy (non-hydrogen) atoms. The van der Waals surface area contributed by atoms with E-state index >= 15 is 0 Å². The molecule has 1 saturated heterocycles. The van der Waals surface area contributed by atoms with E-state index in [1.54, 1.807) is 29.2 Å². The molecule has 0 aliphatic carbocycles. The van der Waals surface area contributed by atoms with Gasteiger partial charge in [-0.3, -0.25) is 14.5 Å². The van der Waals surface area contributed by atoms with Crippen molar-refractivity contribution in [2.24, 2.45) is 0 Å². The quantitative estimate of drug-likeness (QED) is 0.405. The van der Waals surface area contributed by atoms with Crippen LogP contribution < -0.4 is 10.2 Å². The molecule has 2 atom stereocenters. The maximum Gasteiger partial charge on any atom is 0.332 e. The Bertz CT molecular complexity index is 1490. The summed E-state index contributed by atoms with van der Waals surface area (Å²) in [6, 6.07) is 23.1. The molecule has 180 valence electrons. The van der Waals surface area contributed by atoms with E-state index < -0.39 is 18.1 Å². The van der Waals surface area contributed by atoms with Gasteiger partial charge in [-0.05, 0) is 35.7 Å². The second-order valence-electron chi connectivity index (χ2n) is 9.23. The molecule has 4 aromatic rings. The molecule has 2 aliphatic rings. The maximum atomic E-state index is 14.0. The first-order valence-electron chi connectivity index (χ1n) is 12.3. The van der Waals surface area contributed by atoms with Crippen molar-refractivity contribution in [1.82, 2.24) is 15.2 Å². The summed E-state index contributed by atoms with van der Waals surface area (Å²) in [6.07, 6.45) is 1.20. The number of carbonyl (C=O) groups excluding carboxylic acids is 3. The minimum atomic E-state index is -0.666. The highest BCUT2D eigenvalue weighted by Gasteiger charge is 2.53. The van der Waals surface area contributed by atoms with Gasteiger partial charge < -0.3 is 10.3 Å². The number of nitrogens with zero attached hydrogens (tertiary/aromatic N) is 2. The Morgan fingerprint density at radius 3 is 2.50 bits per heavy atom. The van der Waals surface area contributed by atoms with Crippen LogP contribution in [0.15, 0.2) is 78.9 Å². The van der Waals surface area contributed by atoms with Crippen LogP contribution in [0.4, 0.5) is 10.5 Å². The lowest BCUT2D eigenvalue weighted by molar-refractivity contribution is -0.120. The average Bonchev–Trinajstić information content (AvgIpc) is 3.41. The molecular weight excluding hydrogens is 452 g/mol.